The van der Waals surface area contributed by atoms with E-state index in [1.54, 1.807) is 13.0 Å². The summed E-state index contributed by atoms with van der Waals surface area (Å²) < 4.78 is 5.82. The standard InChI is InChI=1S/C20H22N2O3/c1-12-9-13(2)22-20(24)17(12)11-21-19(23)16-7-8-18-15(10-16)6-4-5-14(3)25-18/h4,6-10,14,17H,5,11H2,1-3H3,(H,21,23). The summed E-state index contributed by atoms with van der Waals surface area (Å²) in [6.45, 7) is 5.94. The Morgan fingerprint density at radius 1 is 1.36 bits per heavy atom. The topological polar surface area (TPSA) is 67.8 Å². The van der Waals surface area contributed by atoms with Crippen molar-refractivity contribution in [2.75, 3.05) is 6.54 Å². The fourth-order valence-corrected chi connectivity index (χ4v) is 3.03. The van der Waals surface area contributed by atoms with Crippen LogP contribution in [0, 0.1) is 5.92 Å². The Balaban J connectivity index is 1.69. The predicted octanol–water partition coefficient (Wildman–Crippen LogP) is 3.16. The highest BCUT2D eigenvalue weighted by atomic mass is 16.5. The fourth-order valence-electron chi connectivity index (χ4n) is 3.03. The van der Waals surface area contributed by atoms with Gasteiger partial charge in [-0.1, -0.05) is 17.7 Å². The number of hydrogen-bond acceptors (Lipinski definition) is 3. The van der Waals surface area contributed by atoms with Crippen LogP contribution in [0.25, 0.3) is 6.08 Å². The first-order valence-corrected chi connectivity index (χ1v) is 8.47. The number of nitrogens with zero attached hydrogens (tertiary/aromatic N) is 1. The van der Waals surface area contributed by atoms with E-state index >= 15 is 0 Å². The van der Waals surface area contributed by atoms with Gasteiger partial charge in [-0.2, -0.15) is 0 Å². The highest BCUT2D eigenvalue weighted by molar-refractivity contribution is 6.06. The van der Waals surface area contributed by atoms with Crippen LogP contribution in [-0.4, -0.2) is 30.2 Å². The molecule has 2 amide bonds. The summed E-state index contributed by atoms with van der Waals surface area (Å²) in [5, 5.41) is 2.84. The van der Waals surface area contributed by atoms with Crippen LogP contribution < -0.4 is 10.1 Å². The zero-order chi connectivity index (χ0) is 18.0. The van der Waals surface area contributed by atoms with Gasteiger partial charge in [-0.25, -0.2) is 4.99 Å². The zero-order valence-electron chi connectivity index (χ0n) is 14.7. The molecule has 1 aromatic rings. The second kappa shape index (κ2) is 7.05. The maximum atomic E-state index is 12.5. The van der Waals surface area contributed by atoms with E-state index in [4.69, 9.17) is 4.74 Å². The van der Waals surface area contributed by atoms with Crippen molar-refractivity contribution in [1.29, 1.82) is 0 Å². The molecular weight excluding hydrogens is 316 g/mol. The first kappa shape index (κ1) is 17.1. The number of rotatable bonds is 3. The van der Waals surface area contributed by atoms with Gasteiger partial charge in [-0.05, 0) is 45.0 Å². The number of amides is 2. The van der Waals surface area contributed by atoms with E-state index in [0.717, 1.165) is 23.3 Å². The normalized spacial score (nSPS) is 22.3. The fraction of sp³-hybridized carbons (Fsp3) is 0.350. The van der Waals surface area contributed by atoms with Gasteiger partial charge in [-0.3, -0.25) is 9.59 Å². The Kier molecular flexibility index (Phi) is 4.83. The number of benzene rings is 1. The number of carbonyl (C=O) groups is 2. The molecule has 0 fully saturated rings. The third-order valence-corrected chi connectivity index (χ3v) is 4.40. The molecule has 3 rings (SSSR count). The Hall–Kier alpha value is -2.69. The van der Waals surface area contributed by atoms with Crippen molar-refractivity contribution in [2.24, 2.45) is 10.9 Å². The number of allylic oxidation sites excluding steroid dienone is 1. The van der Waals surface area contributed by atoms with Gasteiger partial charge in [0.15, 0.2) is 0 Å². The molecule has 0 aliphatic carbocycles. The summed E-state index contributed by atoms with van der Waals surface area (Å²) in [7, 11) is 0. The monoisotopic (exact) mass is 338 g/mol. The second-order valence-electron chi connectivity index (χ2n) is 6.56. The van der Waals surface area contributed by atoms with Crippen LogP contribution in [0.2, 0.25) is 0 Å². The van der Waals surface area contributed by atoms with Crippen LogP contribution in [0.15, 0.2) is 40.9 Å². The third-order valence-electron chi connectivity index (χ3n) is 4.40. The SMILES string of the molecule is CC1=CC(C)=NC(=O)C1CNC(=O)c1ccc2c(c1)C=CCC(C)O2. The highest BCUT2D eigenvalue weighted by Crippen LogP contribution is 2.26. The number of ether oxygens (including phenoxy) is 1. The molecule has 0 spiro atoms. The van der Waals surface area contributed by atoms with E-state index in [-0.39, 0.29) is 24.5 Å². The van der Waals surface area contributed by atoms with Crippen LogP contribution in [0.5, 0.6) is 5.75 Å². The Labute approximate surface area is 147 Å². The molecule has 0 bridgehead atoms. The summed E-state index contributed by atoms with van der Waals surface area (Å²) in [5.41, 5.74) is 3.06. The minimum atomic E-state index is -0.391. The minimum absolute atomic E-state index is 0.119. The average Bonchev–Trinajstić information content (AvgIpc) is 2.73. The van der Waals surface area contributed by atoms with Crippen LogP contribution >= 0.6 is 0 Å². The van der Waals surface area contributed by atoms with Gasteiger partial charge in [0, 0.05) is 29.8 Å². The van der Waals surface area contributed by atoms with Gasteiger partial charge in [-0.15, -0.1) is 0 Å². The molecular formula is C20H22N2O3. The van der Waals surface area contributed by atoms with E-state index in [1.165, 1.54) is 0 Å². The van der Waals surface area contributed by atoms with Gasteiger partial charge in [0.05, 0.1) is 12.0 Å². The van der Waals surface area contributed by atoms with Crippen molar-refractivity contribution in [1.82, 2.24) is 5.32 Å². The smallest absolute Gasteiger partial charge is 0.254 e. The van der Waals surface area contributed by atoms with E-state index in [9.17, 15) is 9.59 Å². The highest BCUT2D eigenvalue weighted by Gasteiger charge is 2.24. The number of dihydropyridines is 1. The summed E-state index contributed by atoms with van der Waals surface area (Å²) in [4.78, 5) is 28.4. The van der Waals surface area contributed by atoms with E-state index in [2.05, 4.69) is 10.3 Å². The Morgan fingerprint density at radius 3 is 2.92 bits per heavy atom. The number of nitrogens with one attached hydrogen (secondary N) is 1. The van der Waals surface area contributed by atoms with E-state index in [1.807, 2.05) is 44.2 Å². The first-order chi connectivity index (χ1) is 11.9. The summed E-state index contributed by atoms with van der Waals surface area (Å²) >= 11 is 0. The minimum Gasteiger partial charge on any atom is -0.490 e. The molecule has 2 heterocycles. The number of fused-ring (bicyclic) bond motifs is 1. The molecule has 0 saturated heterocycles. The van der Waals surface area contributed by atoms with Gasteiger partial charge in [0.1, 0.15) is 5.75 Å². The third kappa shape index (κ3) is 3.87. The van der Waals surface area contributed by atoms with Crippen molar-refractivity contribution in [2.45, 2.75) is 33.3 Å². The maximum Gasteiger partial charge on any atom is 0.254 e. The molecule has 1 aromatic carbocycles. The van der Waals surface area contributed by atoms with Crippen molar-refractivity contribution < 1.29 is 14.3 Å². The van der Waals surface area contributed by atoms with Crippen molar-refractivity contribution in [3.63, 3.8) is 0 Å². The lowest BCUT2D eigenvalue weighted by atomic mass is 9.95. The van der Waals surface area contributed by atoms with Crippen LogP contribution in [0.3, 0.4) is 0 Å². The molecule has 25 heavy (non-hydrogen) atoms. The molecule has 2 unspecified atom stereocenters. The molecule has 2 aliphatic rings. The summed E-state index contributed by atoms with van der Waals surface area (Å²) in [6, 6.07) is 5.38. The summed E-state index contributed by atoms with van der Waals surface area (Å²) in [6.07, 6.45) is 6.86. The van der Waals surface area contributed by atoms with E-state index < -0.39 is 5.92 Å². The summed E-state index contributed by atoms with van der Waals surface area (Å²) in [5.74, 6) is -0.0215. The lowest BCUT2D eigenvalue weighted by Crippen LogP contribution is -2.34. The maximum absolute atomic E-state index is 12.5. The second-order valence-corrected chi connectivity index (χ2v) is 6.56. The lowest BCUT2D eigenvalue weighted by molar-refractivity contribution is -0.120. The zero-order valence-corrected chi connectivity index (χ0v) is 14.7. The van der Waals surface area contributed by atoms with E-state index in [0.29, 0.717) is 11.3 Å². The molecule has 5 nitrogen and oxygen atoms in total. The lowest BCUT2D eigenvalue weighted by Gasteiger charge is -2.19. The molecule has 2 atom stereocenters. The Bertz CT molecular complexity index is 805. The van der Waals surface area contributed by atoms with Crippen LogP contribution in [0.4, 0.5) is 0 Å². The van der Waals surface area contributed by atoms with Crippen LogP contribution in [0.1, 0.15) is 43.1 Å². The largest absolute Gasteiger partial charge is 0.490 e. The molecule has 5 heteroatoms. The van der Waals surface area contributed by atoms with Gasteiger partial charge in [0.25, 0.3) is 11.8 Å². The van der Waals surface area contributed by atoms with Gasteiger partial charge < -0.3 is 10.1 Å². The molecule has 0 aromatic heterocycles. The van der Waals surface area contributed by atoms with Crippen molar-refractivity contribution in [3.8, 4) is 5.75 Å². The van der Waals surface area contributed by atoms with Crippen molar-refractivity contribution >= 4 is 23.6 Å². The van der Waals surface area contributed by atoms with Gasteiger partial charge >= 0.3 is 0 Å². The Morgan fingerprint density at radius 2 is 2.16 bits per heavy atom. The molecule has 2 aliphatic heterocycles. The molecule has 1 N–H and O–H groups in total. The first-order valence-electron chi connectivity index (χ1n) is 8.47. The number of aliphatic imine (C=N–C) groups is 1. The quantitative estimate of drug-likeness (QED) is 0.920. The van der Waals surface area contributed by atoms with Crippen molar-refractivity contribution in [3.05, 3.63) is 47.1 Å². The van der Waals surface area contributed by atoms with Crippen LogP contribution in [-0.2, 0) is 4.79 Å². The molecule has 130 valence electrons. The molecule has 0 saturated carbocycles. The average molecular weight is 338 g/mol. The molecule has 0 radical (unpaired) electrons. The van der Waals surface area contributed by atoms with Gasteiger partial charge in [0.2, 0.25) is 0 Å². The number of hydrogen-bond donors (Lipinski definition) is 1. The predicted molar refractivity (Wildman–Crippen MR) is 97.9 cm³/mol. The number of carbonyl (C=O) groups excluding carboxylic acids is 2.